The number of aromatic nitrogens is 1. The molecule has 1 heterocycles. The second kappa shape index (κ2) is 6.76. The first-order valence-electron chi connectivity index (χ1n) is 7.41. The zero-order valence-corrected chi connectivity index (χ0v) is 13.9. The predicted octanol–water partition coefficient (Wildman–Crippen LogP) is 2.86. The molecule has 0 saturated heterocycles. The Labute approximate surface area is 129 Å². The summed E-state index contributed by atoms with van der Waals surface area (Å²) in [6.07, 6.45) is 6.59. The van der Waals surface area contributed by atoms with Crippen molar-refractivity contribution in [3.05, 3.63) is 22.4 Å². The first-order valence-corrected chi connectivity index (χ1v) is 8.20. The first-order chi connectivity index (χ1) is 9.58. The Morgan fingerprint density at radius 2 is 2.20 bits per heavy atom. The third kappa shape index (κ3) is 3.09. The molecule has 0 bridgehead atoms. The van der Waals surface area contributed by atoms with Gasteiger partial charge in [0.2, 0.25) is 0 Å². The minimum Gasteiger partial charge on any atom is -0.343 e. The first kappa shape index (κ1) is 15.6. The summed E-state index contributed by atoms with van der Waals surface area (Å²) in [6.45, 7) is 3.51. The summed E-state index contributed by atoms with van der Waals surface area (Å²) in [5.74, 6) is 0.536. The second-order valence-electron chi connectivity index (χ2n) is 5.59. The van der Waals surface area contributed by atoms with E-state index in [0.29, 0.717) is 12.5 Å². The van der Waals surface area contributed by atoms with Gasteiger partial charge in [-0.15, -0.1) is 0 Å². The van der Waals surface area contributed by atoms with Crippen molar-refractivity contribution in [1.82, 2.24) is 9.47 Å². The lowest BCUT2D eigenvalue weighted by atomic mass is 9.83. The van der Waals surface area contributed by atoms with Gasteiger partial charge in [-0.25, -0.2) is 0 Å². The minimum atomic E-state index is 0.0999. The Morgan fingerprint density at radius 3 is 2.85 bits per heavy atom. The quantitative estimate of drug-likeness (QED) is 0.915. The van der Waals surface area contributed by atoms with Crippen LogP contribution in [0.2, 0.25) is 0 Å². The molecule has 2 unspecified atom stereocenters. The lowest BCUT2D eigenvalue weighted by molar-refractivity contribution is 0.0610. The van der Waals surface area contributed by atoms with Crippen molar-refractivity contribution in [2.24, 2.45) is 11.7 Å². The second-order valence-corrected chi connectivity index (χ2v) is 6.51. The molecule has 1 fully saturated rings. The van der Waals surface area contributed by atoms with Crippen LogP contribution in [0.15, 0.2) is 16.7 Å². The number of amides is 1. The number of carbonyl (C=O) groups is 1. The molecule has 1 aromatic rings. The molecule has 1 aromatic heterocycles. The number of rotatable bonds is 4. The van der Waals surface area contributed by atoms with E-state index in [1.807, 2.05) is 35.7 Å². The van der Waals surface area contributed by atoms with E-state index in [4.69, 9.17) is 5.73 Å². The van der Waals surface area contributed by atoms with E-state index in [-0.39, 0.29) is 11.9 Å². The Bertz CT molecular complexity index is 472. The number of hydrogen-bond acceptors (Lipinski definition) is 2. The average molecular weight is 342 g/mol. The number of nitrogens with zero attached hydrogens (tertiary/aromatic N) is 2. The highest BCUT2D eigenvalue weighted by atomic mass is 79.9. The van der Waals surface area contributed by atoms with Crippen LogP contribution in [0.5, 0.6) is 0 Å². The number of hydrogen-bond donors (Lipinski definition) is 1. The van der Waals surface area contributed by atoms with Crippen LogP contribution >= 0.6 is 15.9 Å². The lowest BCUT2D eigenvalue weighted by Crippen LogP contribution is -2.46. The molecule has 1 aliphatic carbocycles. The van der Waals surface area contributed by atoms with Gasteiger partial charge in [-0.3, -0.25) is 4.79 Å². The van der Waals surface area contributed by atoms with E-state index < -0.39 is 0 Å². The van der Waals surface area contributed by atoms with E-state index >= 15 is 0 Å². The molecule has 2 N–H and O–H groups in total. The van der Waals surface area contributed by atoms with E-state index in [1.54, 1.807) is 0 Å². The zero-order chi connectivity index (χ0) is 14.7. The van der Waals surface area contributed by atoms with Crippen LogP contribution in [-0.4, -0.2) is 35.0 Å². The van der Waals surface area contributed by atoms with Gasteiger partial charge in [-0.2, -0.15) is 0 Å². The van der Waals surface area contributed by atoms with Crippen molar-refractivity contribution < 1.29 is 4.79 Å². The molecule has 1 amide bonds. The van der Waals surface area contributed by atoms with E-state index in [0.717, 1.165) is 29.6 Å². The largest absolute Gasteiger partial charge is 0.343 e. The average Bonchev–Trinajstić information content (AvgIpc) is 2.86. The van der Waals surface area contributed by atoms with Crippen LogP contribution in [0.1, 0.15) is 43.1 Å². The normalized spacial score (nSPS) is 22.8. The summed E-state index contributed by atoms with van der Waals surface area (Å²) in [7, 11) is 1.92. The topological polar surface area (TPSA) is 51.3 Å². The molecule has 5 heteroatoms. The molecular weight excluding hydrogens is 318 g/mol. The highest BCUT2D eigenvalue weighted by Gasteiger charge is 2.31. The predicted molar refractivity (Wildman–Crippen MR) is 84.7 cm³/mol. The van der Waals surface area contributed by atoms with Crippen molar-refractivity contribution >= 4 is 21.8 Å². The Balaban J connectivity index is 2.18. The Kier molecular flexibility index (Phi) is 5.27. The maximum Gasteiger partial charge on any atom is 0.270 e. The van der Waals surface area contributed by atoms with Crippen molar-refractivity contribution in [2.45, 2.75) is 45.2 Å². The maximum absolute atomic E-state index is 12.7. The third-order valence-electron chi connectivity index (χ3n) is 4.41. The van der Waals surface area contributed by atoms with E-state index in [9.17, 15) is 4.79 Å². The van der Waals surface area contributed by atoms with Crippen LogP contribution in [0, 0.1) is 5.92 Å². The van der Waals surface area contributed by atoms with Gasteiger partial charge >= 0.3 is 0 Å². The van der Waals surface area contributed by atoms with Crippen molar-refractivity contribution in [3.8, 4) is 0 Å². The molecule has 0 spiro atoms. The van der Waals surface area contributed by atoms with E-state index in [1.165, 1.54) is 12.8 Å². The van der Waals surface area contributed by atoms with E-state index in [2.05, 4.69) is 15.9 Å². The van der Waals surface area contributed by atoms with Gasteiger partial charge in [0.25, 0.3) is 5.91 Å². The van der Waals surface area contributed by atoms with Crippen LogP contribution in [-0.2, 0) is 6.54 Å². The number of nitrogens with two attached hydrogens (primary N) is 1. The van der Waals surface area contributed by atoms with Crippen molar-refractivity contribution in [1.29, 1.82) is 0 Å². The summed E-state index contributed by atoms with van der Waals surface area (Å²) < 4.78 is 2.94. The molecule has 1 aliphatic rings. The molecule has 4 nitrogen and oxygen atoms in total. The van der Waals surface area contributed by atoms with Crippen molar-refractivity contribution in [3.63, 3.8) is 0 Å². The van der Waals surface area contributed by atoms with Gasteiger partial charge in [0, 0.05) is 30.3 Å². The maximum atomic E-state index is 12.7. The molecular formula is C15H24BrN3O. The van der Waals surface area contributed by atoms with Gasteiger partial charge in [0.1, 0.15) is 5.69 Å². The number of aryl methyl sites for hydroxylation is 1. The van der Waals surface area contributed by atoms with Crippen LogP contribution in [0.3, 0.4) is 0 Å². The lowest BCUT2D eigenvalue weighted by Gasteiger charge is -2.37. The molecule has 20 heavy (non-hydrogen) atoms. The monoisotopic (exact) mass is 341 g/mol. The summed E-state index contributed by atoms with van der Waals surface area (Å²) in [4.78, 5) is 14.6. The summed E-state index contributed by atoms with van der Waals surface area (Å²) in [5.41, 5.74) is 6.63. The van der Waals surface area contributed by atoms with Gasteiger partial charge in [0.05, 0.1) is 0 Å². The molecule has 2 atom stereocenters. The zero-order valence-electron chi connectivity index (χ0n) is 12.3. The molecule has 0 aromatic carbocycles. The van der Waals surface area contributed by atoms with Gasteiger partial charge in [-0.05, 0) is 54.2 Å². The SMILES string of the molecule is CCn1cc(Br)cc1C(=O)N(C)C1CCCCC1CN. The molecule has 112 valence electrons. The highest BCUT2D eigenvalue weighted by molar-refractivity contribution is 9.10. The Morgan fingerprint density at radius 1 is 1.50 bits per heavy atom. The summed E-state index contributed by atoms with van der Waals surface area (Å²) in [5, 5.41) is 0. The fourth-order valence-corrected chi connectivity index (χ4v) is 3.68. The summed E-state index contributed by atoms with van der Waals surface area (Å²) >= 11 is 3.45. The molecule has 1 saturated carbocycles. The van der Waals surface area contributed by atoms with Crippen LogP contribution < -0.4 is 5.73 Å². The number of carbonyl (C=O) groups excluding carboxylic acids is 1. The minimum absolute atomic E-state index is 0.0999. The molecule has 2 rings (SSSR count). The van der Waals surface area contributed by atoms with Gasteiger partial charge < -0.3 is 15.2 Å². The summed E-state index contributed by atoms with van der Waals surface area (Å²) in [6, 6.07) is 2.18. The highest BCUT2D eigenvalue weighted by Crippen LogP contribution is 2.28. The molecule has 0 radical (unpaired) electrons. The van der Waals surface area contributed by atoms with Crippen LogP contribution in [0.25, 0.3) is 0 Å². The van der Waals surface area contributed by atoms with Crippen molar-refractivity contribution in [2.75, 3.05) is 13.6 Å². The van der Waals surface area contributed by atoms with Crippen LogP contribution in [0.4, 0.5) is 0 Å². The van der Waals surface area contributed by atoms with Gasteiger partial charge in [0.15, 0.2) is 0 Å². The smallest absolute Gasteiger partial charge is 0.270 e. The standard InChI is InChI=1S/C15H24BrN3O/c1-3-19-10-12(16)8-14(19)15(20)18(2)13-7-5-4-6-11(13)9-17/h8,10-11,13H,3-7,9,17H2,1-2H3. The number of halogens is 1. The fraction of sp³-hybridized carbons (Fsp3) is 0.667. The Hall–Kier alpha value is -0.810. The fourth-order valence-electron chi connectivity index (χ4n) is 3.22. The molecule has 0 aliphatic heterocycles. The third-order valence-corrected chi connectivity index (χ3v) is 4.85. The van der Waals surface area contributed by atoms with Gasteiger partial charge in [-0.1, -0.05) is 12.8 Å².